The zero-order chi connectivity index (χ0) is 19.6. The Labute approximate surface area is 160 Å². The standard InChI is InChI=1S/C17H14ClNO7S/c1-3-23-14-9-10(7-11(18)15(14)26-27(2,21)22)8-12-17(20)25-16(19-12)13-5-4-6-24-13/h4-9H,3H2,1-2H3/b12-8+. The van der Waals surface area contributed by atoms with Crippen molar-refractivity contribution >= 4 is 39.7 Å². The Bertz CT molecular complexity index is 1040. The number of esters is 1. The summed E-state index contributed by atoms with van der Waals surface area (Å²) < 4.78 is 43.4. The number of rotatable bonds is 6. The van der Waals surface area contributed by atoms with E-state index >= 15 is 0 Å². The van der Waals surface area contributed by atoms with E-state index in [4.69, 9.17) is 29.7 Å². The lowest BCUT2D eigenvalue weighted by atomic mass is 10.1. The van der Waals surface area contributed by atoms with E-state index in [9.17, 15) is 13.2 Å². The van der Waals surface area contributed by atoms with Gasteiger partial charge in [-0.15, -0.1) is 0 Å². The summed E-state index contributed by atoms with van der Waals surface area (Å²) in [6, 6.07) is 6.15. The molecule has 1 aromatic carbocycles. The Hall–Kier alpha value is -2.78. The first-order valence-corrected chi connectivity index (χ1v) is 9.88. The van der Waals surface area contributed by atoms with Gasteiger partial charge >= 0.3 is 16.1 Å². The van der Waals surface area contributed by atoms with Gasteiger partial charge in [0.05, 0.1) is 24.1 Å². The molecule has 1 aromatic heterocycles. The van der Waals surface area contributed by atoms with Crippen LogP contribution >= 0.6 is 11.6 Å². The van der Waals surface area contributed by atoms with Crippen LogP contribution in [0.1, 0.15) is 18.2 Å². The zero-order valence-electron chi connectivity index (χ0n) is 14.3. The fourth-order valence-corrected chi connectivity index (χ4v) is 3.02. The SMILES string of the molecule is CCOc1cc(/C=C2/N=C(c3ccco3)OC2=O)cc(Cl)c1OS(C)(=O)=O. The maximum atomic E-state index is 12.0. The van der Waals surface area contributed by atoms with Gasteiger partial charge in [-0.1, -0.05) is 11.6 Å². The minimum atomic E-state index is -3.80. The number of ether oxygens (including phenoxy) is 2. The van der Waals surface area contributed by atoms with Crippen molar-refractivity contribution in [2.24, 2.45) is 4.99 Å². The Morgan fingerprint density at radius 1 is 1.33 bits per heavy atom. The molecule has 0 bridgehead atoms. The number of furan rings is 1. The number of halogens is 1. The van der Waals surface area contributed by atoms with Gasteiger partial charge in [-0.3, -0.25) is 0 Å². The lowest BCUT2D eigenvalue weighted by Gasteiger charge is -2.12. The number of benzene rings is 1. The summed E-state index contributed by atoms with van der Waals surface area (Å²) in [5, 5.41) is -0.000160. The molecule has 0 amide bonds. The monoisotopic (exact) mass is 411 g/mol. The molecule has 8 nitrogen and oxygen atoms in total. The fourth-order valence-electron chi connectivity index (χ4n) is 2.24. The van der Waals surface area contributed by atoms with Crippen molar-refractivity contribution < 1.29 is 31.3 Å². The van der Waals surface area contributed by atoms with Gasteiger partial charge in [0.15, 0.2) is 17.2 Å². The lowest BCUT2D eigenvalue weighted by molar-refractivity contribution is -0.130. The molecule has 0 radical (unpaired) electrons. The van der Waals surface area contributed by atoms with Crippen LogP contribution in [0, 0.1) is 0 Å². The minimum Gasteiger partial charge on any atom is -0.490 e. The number of carbonyl (C=O) groups excluding carboxylic acids is 1. The third-order valence-electron chi connectivity index (χ3n) is 3.22. The number of cyclic esters (lactones) is 1. The third kappa shape index (κ3) is 4.50. The summed E-state index contributed by atoms with van der Waals surface area (Å²) in [5.74, 6) is -0.311. The first kappa shape index (κ1) is 19.0. The molecule has 1 aliphatic heterocycles. The Kier molecular flexibility index (Phi) is 5.24. The predicted molar refractivity (Wildman–Crippen MR) is 97.4 cm³/mol. The quantitative estimate of drug-likeness (QED) is 0.408. The molecule has 0 atom stereocenters. The molecule has 3 rings (SSSR count). The van der Waals surface area contributed by atoms with Crippen molar-refractivity contribution in [3.05, 3.63) is 52.6 Å². The molecular weight excluding hydrogens is 398 g/mol. The number of hydrogen-bond donors (Lipinski definition) is 0. The van der Waals surface area contributed by atoms with Gasteiger partial charge in [-0.25, -0.2) is 9.79 Å². The average molecular weight is 412 g/mol. The second-order valence-electron chi connectivity index (χ2n) is 5.36. The third-order valence-corrected chi connectivity index (χ3v) is 3.97. The number of aliphatic imine (C=N–C) groups is 1. The van der Waals surface area contributed by atoms with Gasteiger partial charge in [-0.2, -0.15) is 8.42 Å². The van der Waals surface area contributed by atoms with Crippen molar-refractivity contribution in [1.29, 1.82) is 0 Å². The fraction of sp³-hybridized carbons (Fsp3) is 0.176. The maximum absolute atomic E-state index is 12.0. The Morgan fingerprint density at radius 3 is 2.74 bits per heavy atom. The van der Waals surface area contributed by atoms with Crippen LogP contribution in [-0.4, -0.2) is 33.1 Å². The molecule has 0 spiro atoms. The van der Waals surface area contributed by atoms with Crippen LogP contribution in [0.15, 0.2) is 45.6 Å². The zero-order valence-corrected chi connectivity index (χ0v) is 15.8. The van der Waals surface area contributed by atoms with E-state index in [-0.39, 0.29) is 34.7 Å². The van der Waals surface area contributed by atoms with E-state index in [1.807, 2.05) is 0 Å². The molecule has 10 heteroatoms. The Balaban J connectivity index is 1.99. The molecule has 0 N–H and O–H groups in total. The molecule has 0 saturated heterocycles. The van der Waals surface area contributed by atoms with E-state index in [1.165, 1.54) is 24.5 Å². The molecule has 0 saturated carbocycles. The normalized spacial score (nSPS) is 15.6. The largest absolute Gasteiger partial charge is 0.490 e. The van der Waals surface area contributed by atoms with Crippen LogP contribution in [0.25, 0.3) is 6.08 Å². The number of hydrogen-bond acceptors (Lipinski definition) is 8. The second-order valence-corrected chi connectivity index (χ2v) is 7.35. The van der Waals surface area contributed by atoms with Gasteiger partial charge in [-0.05, 0) is 42.8 Å². The van der Waals surface area contributed by atoms with Gasteiger partial charge in [0.25, 0.3) is 5.90 Å². The highest BCUT2D eigenvalue weighted by atomic mass is 35.5. The topological polar surface area (TPSA) is 104 Å². The van der Waals surface area contributed by atoms with Gasteiger partial charge in [0.1, 0.15) is 0 Å². The van der Waals surface area contributed by atoms with E-state index in [2.05, 4.69) is 4.99 Å². The van der Waals surface area contributed by atoms with E-state index < -0.39 is 16.1 Å². The highest BCUT2D eigenvalue weighted by Crippen LogP contribution is 2.38. The lowest BCUT2D eigenvalue weighted by Crippen LogP contribution is -2.08. The van der Waals surface area contributed by atoms with Crippen LogP contribution < -0.4 is 8.92 Å². The molecule has 0 fully saturated rings. The van der Waals surface area contributed by atoms with Crippen molar-refractivity contribution in [3.8, 4) is 11.5 Å². The second kappa shape index (κ2) is 7.45. The molecule has 142 valence electrons. The summed E-state index contributed by atoms with van der Waals surface area (Å²) in [4.78, 5) is 16.1. The molecule has 2 aromatic rings. The summed E-state index contributed by atoms with van der Waals surface area (Å²) in [5.41, 5.74) is 0.470. The Morgan fingerprint density at radius 2 is 2.11 bits per heavy atom. The predicted octanol–water partition coefficient (Wildman–Crippen LogP) is 3.01. The first-order chi connectivity index (χ1) is 12.8. The number of carbonyl (C=O) groups is 1. The van der Waals surface area contributed by atoms with Gasteiger partial charge in [0, 0.05) is 0 Å². The molecular formula is C17H14ClNO7S. The highest BCUT2D eigenvalue weighted by Gasteiger charge is 2.26. The van der Waals surface area contributed by atoms with Crippen LogP contribution in [0.5, 0.6) is 11.5 Å². The highest BCUT2D eigenvalue weighted by molar-refractivity contribution is 7.86. The van der Waals surface area contributed by atoms with Crippen LogP contribution in [-0.2, 0) is 19.6 Å². The van der Waals surface area contributed by atoms with Crippen molar-refractivity contribution in [1.82, 2.24) is 0 Å². The van der Waals surface area contributed by atoms with E-state index in [0.29, 0.717) is 11.3 Å². The van der Waals surface area contributed by atoms with Crippen molar-refractivity contribution in [3.63, 3.8) is 0 Å². The summed E-state index contributed by atoms with van der Waals surface area (Å²) >= 11 is 6.14. The smallest absolute Gasteiger partial charge is 0.363 e. The minimum absolute atomic E-state index is 0.000160. The average Bonchev–Trinajstić information content (AvgIpc) is 3.21. The van der Waals surface area contributed by atoms with Gasteiger partial charge in [0.2, 0.25) is 5.75 Å². The first-order valence-electron chi connectivity index (χ1n) is 7.69. The summed E-state index contributed by atoms with van der Waals surface area (Å²) in [6.07, 6.45) is 3.76. The number of nitrogens with zero attached hydrogens (tertiary/aromatic N) is 1. The summed E-state index contributed by atoms with van der Waals surface area (Å²) in [6.45, 7) is 1.97. The van der Waals surface area contributed by atoms with Crippen LogP contribution in [0.4, 0.5) is 0 Å². The van der Waals surface area contributed by atoms with Crippen LogP contribution in [0.3, 0.4) is 0 Å². The molecule has 1 aliphatic rings. The van der Waals surface area contributed by atoms with Gasteiger partial charge < -0.3 is 18.1 Å². The molecule has 0 aliphatic carbocycles. The maximum Gasteiger partial charge on any atom is 0.363 e. The van der Waals surface area contributed by atoms with E-state index in [0.717, 1.165) is 6.26 Å². The molecule has 27 heavy (non-hydrogen) atoms. The molecule has 2 heterocycles. The molecule has 0 unspecified atom stereocenters. The van der Waals surface area contributed by atoms with E-state index in [1.54, 1.807) is 19.1 Å². The van der Waals surface area contributed by atoms with Crippen LogP contribution in [0.2, 0.25) is 5.02 Å². The van der Waals surface area contributed by atoms with Crippen molar-refractivity contribution in [2.75, 3.05) is 12.9 Å². The van der Waals surface area contributed by atoms with Crippen molar-refractivity contribution in [2.45, 2.75) is 6.92 Å². The summed E-state index contributed by atoms with van der Waals surface area (Å²) in [7, 11) is -3.80.